The van der Waals surface area contributed by atoms with Gasteiger partial charge in [0.15, 0.2) is 12.4 Å². The van der Waals surface area contributed by atoms with E-state index in [1.54, 1.807) is 42.5 Å². The first-order valence-electron chi connectivity index (χ1n) is 7.56. The summed E-state index contributed by atoms with van der Waals surface area (Å²) in [6.07, 6.45) is 2.67. The number of para-hydroxylation sites is 1. The monoisotopic (exact) mass is 391 g/mol. The zero-order valence-electron chi connectivity index (χ0n) is 13.8. The lowest BCUT2D eigenvalue weighted by atomic mass is 10.1. The number of esters is 1. The number of carbonyl (C=O) groups is 3. The van der Waals surface area contributed by atoms with Gasteiger partial charge in [-0.2, -0.15) is 0 Å². The smallest absolute Gasteiger partial charge is 0.331 e. The number of carbonyl (C=O) groups excluding carboxylic acids is 3. The third-order valence-electron chi connectivity index (χ3n) is 3.28. The molecule has 0 radical (unpaired) electrons. The number of hydrogen-bond donors (Lipinski definition) is 1. The molecule has 26 heavy (non-hydrogen) atoms. The van der Waals surface area contributed by atoms with Crippen molar-refractivity contribution in [2.75, 3.05) is 11.9 Å². The molecule has 1 N–H and O–H groups in total. The molecule has 5 nitrogen and oxygen atoms in total. The van der Waals surface area contributed by atoms with E-state index in [1.165, 1.54) is 19.1 Å². The van der Waals surface area contributed by atoms with E-state index in [9.17, 15) is 14.4 Å². The van der Waals surface area contributed by atoms with Crippen LogP contribution in [0.3, 0.4) is 0 Å². The highest BCUT2D eigenvalue weighted by atomic mass is 35.5. The molecule has 0 spiro atoms. The first-order valence-corrected chi connectivity index (χ1v) is 8.32. The van der Waals surface area contributed by atoms with Gasteiger partial charge in [-0.3, -0.25) is 9.59 Å². The Kier molecular flexibility index (Phi) is 6.95. The van der Waals surface area contributed by atoms with Crippen molar-refractivity contribution >= 4 is 52.6 Å². The normalized spacial score (nSPS) is 10.6. The standard InChI is InChI=1S/C19H15Cl2NO4/c1-12(23)14-4-2-3-5-17(14)22-18(24)11-26-19(25)9-7-13-6-8-15(20)16(21)10-13/h2-10H,11H2,1H3,(H,22,24)/b9-7+. The van der Waals surface area contributed by atoms with Crippen molar-refractivity contribution < 1.29 is 19.1 Å². The second-order valence-electron chi connectivity index (χ2n) is 5.26. The average Bonchev–Trinajstić information content (AvgIpc) is 2.61. The number of anilines is 1. The van der Waals surface area contributed by atoms with E-state index < -0.39 is 18.5 Å². The second kappa shape index (κ2) is 9.17. The van der Waals surface area contributed by atoms with Gasteiger partial charge in [0, 0.05) is 11.6 Å². The molecule has 0 atom stereocenters. The maximum atomic E-state index is 11.9. The van der Waals surface area contributed by atoms with Crippen LogP contribution in [0.15, 0.2) is 48.5 Å². The third kappa shape index (κ3) is 5.72. The highest BCUT2D eigenvalue weighted by Crippen LogP contribution is 2.23. The van der Waals surface area contributed by atoms with Crippen LogP contribution in [-0.2, 0) is 14.3 Å². The maximum Gasteiger partial charge on any atom is 0.331 e. The van der Waals surface area contributed by atoms with Gasteiger partial charge in [0.2, 0.25) is 0 Å². The fraction of sp³-hybridized carbons (Fsp3) is 0.105. The Balaban J connectivity index is 1.89. The molecule has 134 valence electrons. The summed E-state index contributed by atoms with van der Waals surface area (Å²) in [5, 5.41) is 3.32. The largest absolute Gasteiger partial charge is 0.452 e. The SMILES string of the molecule is CC(=O)c1ccccc1NC(=O)COC(=O)/C=C/c1ccc(Cl)c(Cl)c1. The van der Waals surface area contributed by atoms with Crippen LogP contribution in [0.25, 0.3) is 6.08 Å². The predicted octanol–water partition coefficient (Wildman–Crippen LogP) is 4.39. The summed E-state index contributed by atoms with van der Waals surface area (Å²) in [5.41, 5.74) is 1.41. The topological polar surface area (TPSA) is 72.5 Å². The highest BCUT2D eigenvalue weighted by Gasteiger charge is 2.11. The van der Waals surface area contributed by atoms with Gasteiger partial charge in [-0.05, 0) is 42.8 Å². The minimum atomic E-state index is -0.689. The van der Waals surface area contributed by atoms with Crippen LogP contribution in [0.1, 0.15) is 22.8 Å². The first kappa shape index (κ1) is 19.7. The average molecular weight is 392 g/mol. The van der Waals surface area contributed by atoms with Gasteiger partial charge in [-0.15, -0.1) is 0 Å². The third-order valence-corrected chi connectivity index (χ3v) is 4.02. The number of ether oxygens (including phenoxy) is 1. The summed E-state index contributed by atoms with van der Waals surface area (Å²) in [7, 11) is 0. The summed E-state index contributed by atoms with van der Waals surface area (Å²) < 4.78 is 4.87. The van der Waals surface area contributed by atoms with E-state index in [-0.39, 0.29) is 5.78 Å². The second-order valence-corrected chi connectivity index (χ2v) is 6.08. The van der Waals surface area contributed by atoms with Gasteiger partial charge in [-0.25, -0.2) is 4.79 Å². The molecule has 0 saturated carbocycles. The van der Waals surface area contributed by atoms with Crippen LogP contribution in [0.2, 0.25) is 10.0 Å². The van der Waals surface area contributed by atoms with Crippen LogP contribution in [0, 0.1) is 0 Å². The molecular formula is C19H15Cl2NO4. The Bertz CT molecular complexity index is 878. The van der Waals surface area contributed by atoms with Crippen molar-refractivity contribution in [1.82, 2.24) is 0 Å². The lowest BCUT2D eigenvalue weighted by Gasteiger charge is -2.08. The first-order chi connectivity index (χ1) is 12.4. The molecule has 2 aromatic carbocycles. The molecule has 0 bridgehead atoms. The number of Topliss-reactive ketones (excluding diaryl/α,β-unsaturated/α-hetero) is 1. The summed E-state index contributed by atoms with van der Waals surface area (Å²) in [6.45, 7) is 0.926. The van der Waals surface area contributed by atoms with Gasteiger partial charge >= 0.3 is 5.97 Å². The van der Waals surface area contributed by atoms with Crippen molar-refractivity contribution in [3.05, 3.63) is 69.7 Å². The summed E-state index contributed by atoms with van der Waals surface area (Å²) in [4.78, 5) is 35.1. The number of amides is 1. The molecule has 2 aromatic rings. The Labute approximate surface area is 160 Å². The number of ketones is 1. The fourth-order valence-corrected chi connectivity index (χ4v) is 2.36. The number of hydrogen-bond acceptors (Lipinski definition) is 4. The zero-order chi connectivity index (χ0) is 19.1. The molecule has 0 fully saturated rings. The van der Waals surface area contributed by atoms with E-state index in [0.29, 0.717) is 26.9 Å². The lowest BCUT2D eigenvalue weighted by molar-refractivity contribution is -0.142. The quantitative estimate of drug-likeness (QED) is 0.450. The van der Waals surface area contributed by atoms with Crippen molar-refractivity contribution in [1.29, 1.82) is 0 Å². The molecule has 0 heterocycles. The molecule has 7 heteroatoms. The number of nitrogens with one attached hydrogen (secondary N) is 1. The van der Waals surface area contributed by atoms with Gasteiger partial charge in [-0.1, -0.05) is 41.4 Å². The van der Waals surface area contributed by atoms with Crippen LogP contribution < -0.4 is 5.32 Å². The van der Waals surface area contributed by atoms with E-state index in [2.05, 4.69) is 5.32 Å². The predicted molar refractivity (Wildman–Crippen MR) is 102 cm³/mol. The molecule has 0 unspecified atom stereocenters. The molecule has 0 saturated heterocycles. The van der Waals surface area contributed by atoms with E-state index in [0.717, 1.165) is 0 Å². The van der Waals surface area contributed by atoms with Crippen molar-refractivity contribution in [2.24, 2.45) is 0 Å². The van der Waals surface area contributed by atoms with E-state index in [1.807, 2.05) is 0 Å². The number of halogens is 2. The molecule has 0 aliphatic rings. The Hall–Kier alpha value is -2.63. The number of benzene rings is 2. The van der Waals surface area contributed by atoms with Gasteiger partial charge in [0.1, 0.15) is 0 Å². The summed E-state index contributed by atoms with van der Waals surface area (Å²) >= 11 is 11.7. The Morgan fingerprint density at radius 2 is 1.81 bits per heavy atom. The minimum Gasteiger partial charge on any atom is -0.452 e. The van der Waals surface area contributed by atoms with Crippen molar-refractivity contribution in [3.63, 3.8) is 0 Å². The highest BCUT2D eigenvalue weighted by molar-refractivity contribution is 6.42. The molecule has 2 rings (SSSR count). The van der Waals surface area contributed by atoms with Crippen molar-refractivity contribution in [2.45, 2.75) is 6.92 Å². The molecule has 1 amide bonds. The van der Waals surface area contributed by atoms with Gasteiger partial charge < -0.3 is 10.1 Å². The van der Waals surface area contributed by atoms with E-state index in [4.69, 9.17) is 27.9 Å². The van der Waals surface area contributed by atoms with Gasteiger partial charge in [0.25, 0.3) is 5.91 Å². The van der Waals surface area contributed by atoms with Crippen molar-refractivity contribution in [3.8, 4) is 0 Å². The van der Waals surface area contributed by atoms with E-state index >= 15 is 0 Å². The van der Waals surface area contributed by atoms with Crippen LogP contribution >= 0.6 is 23.2 Å². The minimum absolute atomic E-state index is 0.178. The summed E-state index contributed by atoms with van der Waals surface area (Å²) in [6, 6.07) is 11.5. The van der Waals surface area contributed by atoms with Gasteiger partial charge in [0.05, 0.1) is 15.7 Å². The van der Waals surface area contributed by atoms with Crippen LogP contribution in [-0.4, -0.2) is 24.3 Å². The summed E-state index contributed by atoms with van der Waals surface area (Å²) in [5.74, 6) is -1.41. The zero-order valence-corrected chi connectivity index (χ0v) is 15.3. The maximum absolute atomic E-state index is 11.9. The lowest BCUT2D eigenvalue weighted by Crippen LogP contribution is -2.21. The Morgan fingerprint density at radius 1 is 1.08 bits per heavy atom. The molecule has 0 aromatic heterocycles. The molecular weight excluding hydrogens is 377 g/mol. The molecule has 0 aliphatic carbocycles. The fourth-order valence-electron chi connectivity index (χ4n) is 2.05. The van der Waals surface area contributed by atoms with Crippen LogP contribution in [0.4, 0.5) is 5.69 Å². The van der Waals surface area contributed by atoms with Crippen LogP contribution in [0.5, 0.6) is 0 Å². The number of rotatable bonds is 6. The Morgan fingerprint density at radius 3 is 2.50 bits per heavy atom. The molecule has 0 aliphatic heterocycles.